The summed E-state index contributed by atoms with van der Waals surface area (Å²) in [7, 11) is 0. The highest BCUT2D eigenvalue weighted by atomic mass is 15.2. The van der Waals surface area contributed by atoms with Crippen LogP contribution < -0.4 is 15.5 Å². The first kappa shape index (κ1) is 18.9. The van der Waals surface area contributed by atoms with Crippen LogP contribution in [0.2, 0.25) is 0 Å². The number of para-hydroxylation sites is 2. The van der Waals surface area contributed by atoms with Gasteiger partial charge < -0.3 is 15.5 Å². The molecule has 0 radical (unpaired) electrons. The Kier molecular flexibility index (Phi) is 7.90. The monoisotopic (exact) mass is 337 g/mol. The molecule has 0 spiro atoms. The molecule has 25 heavy (non-hydrogen) atoms. The van der Waals surface area contributed by atoms with E-state index in [0.717, 1.165) is 31.1 Å². The second kappa shape index (κ2) is 10.4. The average Bonchev–Trinajstić information content (AvgIpc) is 2.70. The van der Waals surface area contributed by atoms with E-state index in [-0.39, 0.29) is 0 Å². The normalized spacial score (nSPS) is 13.4. The summed E-state index contributed by atoms with van der Waals surface area (Å²) < 4.78 is 0. The highest BCUT2D eigenvalue weighted by Gasteiger charge is 2.14. The summed E-state index contributed by atoms with van der Waals surface area (Å²) in [5.41, 5.74) is 3.65. The Bertz CT molecular complexity index is 631. The van der Waals surface area contributed by atoms with Crippen LogP contribution in [0.5, 0.6) is 0 Å². The Morgan fingerprint density at radius 2 is 1.56 bits per heavy atom. The van der Waals surface area contributed by atoms with Crippen LogP contribution >= 0.6 is 0 Å². The molecule has 134 valence electrons. The second-order valence-corrected chi connectivity index (χ2v) is 6.01. The predicted octanol–water partition coefficient (Wildman–Crippen LogP) is 5.38. The third-order valence-corrected chi connectivity index (χ3v) is 4.24. The van der Waals surface area contributed by atoms with E-state index in [0.29, 0.717) is 0 Å². The number of anilines is 2. The van der Waals surface area contributed by atoms with Crippen molar-refractivity contribution in [2.45, 2.75) is 39.7 Å². The topological polar surface area (TPSA) is 27.3 Å². The first-order chi connectivity index (χ1) is 12.3. The zero-order valence-electron chi connectivity index (χ0n) is 15.6. The van der Waals surface area contributed by atoms with Crippen LogP contribution in [-0.4, -0.2) is 13.1 Å². The first-order valence-corrected chi connectivity index (χ1v) is 9.40. The fraction of sp³-hybridized carbons (Fsp3) is 0.364. The SMILES string of the molecule is C=C(NCc1ccccc1)Nc1ccccc1N1CCCCC1.CC. The van der Waals surface area contributed by atoms with Gasteiger partial charge in [-0.05, 0) is 37.0 Å². The standard InChI is InChI=1S/C20H25N3.C2H6/c1-17(21-16-18-10-4-2-5-11-18)22-19-12-6-7-13-20(19)23-14-8-3-9-15-23;1-2/h2,4-7,10-13,21-22H,1,3,8-9,14-16H2;1-2H3. The van der Waals surface area contributed by atoms with Crippen LogP contribution in [0, 0.1) is 0 Å². The zero-order valence-corrected chi connectivity index (χ0v) is 15.6. The van der Waals surface area contributed by atoms with Crippen LogP contribution in [0.3, 0.4) is 0 Å². The van der Waals surface area contributed by atoms with E-state index >= 15 is 0 Å². The molecule has 2 N–H and O–H groups in total. The summed E-state index contributed by atoms with van der Waals surface area (Å²) in [4.78, 5) is 2.47. The summed E-state index contributed by atoms with van der Waals surface area (Å²) in [6.45, 7) is 11.2. The quantitative estimate of drug-likeness (QED) is 0.741. The molecule has 2 aromatic rings. The van der Waals surface area contributed by atoms with Gasteiger partial charge in [0.15, 0.2) is 0 Å². The molecule has 3 rings (SSSR count). The van der Waals surface area contributed by atoms with Gasteiger partial charge in [-0.15, -0.1) is 0 Å². The van der Waals surface area contributed by atoms with Gasteiger partial charge in [0.25, 0.3) is 0 Å². The van der Waals surface area contributed by atoms with E-state index in [9.17, 15) is 0 Å². The second-order valence-electron chi connectivity index (χ2n) is 6.01. The van der Waals surface area contributed by atoms with E-state index in [1.165, 1.54) is 30.5 Å². The third-order valence-electron chi connectivity index (χ3n) is 4.24. The lowest BCUT2D eigenvalue weighted by atomic mass is 10.1. The maximum atomic E-state index is 4.11. The van der Waals surface area contributed by atoms with Gasteiger partial charge >= 0.3 is 0 Å². The fourth-order valence-electron chi connectivity index (χ4n) is 3.00. The molecule has 0 unspecified atom stereocenters. The molecular formula is C22H31N3. The number of hydrogen-bond donors (Lipinski definition) is 2. The van der Waals surface area contributed by atoms with Crippen molar-refractivity contribution in [2.24, 2.45) is 0 Å². The molecule has 0 amide bonds. The Morgan fingerprint density at radius 1 is 0.920 bits per heavy atom. The van der Waals surface area contributed by atoms with Gasteiger partial charge in [0.1, 0.15) is 0 Å². The number of rotatable bonds is 6. The minimum Gasteiger partial charge on any atom is -0.370 e. The molecule has 0 atom stereocenters. The van der Waals surface area contributed by atoms with Crippen LogP contribution in [0.15, 0.2) is 67.0 Å². The van der Waals surface area contributed by atoms with Crippen LogP contribution in [0.25, 0.3) is 0 Å². The Morgan fingerprint density at radius 3 is 2.28 bits per heavy atom. The molecule has 1 heterocycles. The van der Waals surface area contributed by atoms with Gasteiger partial charge in [0.05, 0.1) is 17.2 Å². The first-order valence-electron chi connectivity index (χ1n) is 9.40. The molecule has 0 saturated carbocycles. The molecule has 0 aromatic heterocycles. The number of piperidine rings is 1. The largest absolute Gasteiger partial charge is 0.370 e. The van der Waals surface area contributed by atoms with E-state index in [4.69, 9.17) is 0 Å². The summed E-state index contributed by atoms with van der Waals surface area (Å²) in [6.07, 6.45) is 3.90. The van der Waals surface area contributed by atoms with Gasteiger partial charge in [-0.25, -0.2) is 0 Å². The number of nitrogens with zero attached hydrogens (tertiary/aromatic N) is 1. The minimum absolute atomic E-state index is 0.776. The molecule has 0 bridgehead atoms. The van der Waals surface area contributed by atoms with E-state index < -0.39 is 0 Å². The number of hydrogen-bond acceptors (Lipinski definition) is 3. The fourth-order valence-corrected chi connectivity index (χ4v) is 3.00. The molecular weight excluding hydrogens is 306 g/mol. The van der Waals surface area contributed by atoms with Crippen molar-refractivity contribution in [1.29, 1.82) is 0 Å². The van der Waals surface area contributed by atoms with E-state index in [1.54, 1.807) is 0 Å². The Labute approximate surface area is 152 Å². The van der Waals surface area contributed by atoms with Gasteiger partial charge in [-0.2, -0.15) is 0 Å². The molecule has 1 aliphatic rings. The number of benzene rings is 2. The van der Waals surface area contributed by atoms with Crippen molar-refractivity contribution >= 4 is 11.4 Å². The summed E-state index contributed by atoms with van der Waals surface area (Å²) in [5.74, 6) is 0.832. The summed E-state index contributed by atoms with van der Waals surface area (Å²) >= 11 is 0. The van der Waals surface area contributed by atoms with Crippen LogP contribution in [0.1, 0.15) is 38.7 Å². The van der Waals surface area contributed by atoms with Crippen LogP contribution in [-0.2, 0) is 6.54 Å². The smallest absolute Gasteiger partial charge is 0.0960 e. The molecule has 1 aliphatic heterocycles. The van der Waals surface area contributed by atoms with Crippen molar-refractivity contribution in [1.82, 2.24) is 5.32 Å². The average molecular weight is 338 g/mol. The highest BCUT2D eigenvalue weighted by molar-refractivity contribution is 5.71. The van der Waals surface area contributed by atoms with Gasteiger partial charge in [0.2, 0.25) is 0 Å². The Hall–Kier alpha value is -2.42. The predicted molar refractivity (Wildman–Crippen MR) is 110 cm³/mol. The zero-order chi connectivity index (χ0) is 17.9. The van der Waals surface area contributed by atoms with E-state index in [1.807, 2.05) is 19.9 Å². The van der Waals surface area contributed by atoms with Gasteiger partial charge in [-0.3, -0.25) is 0 Å². The summed E-state index contributed by atoms with van der Waals surface area (Å²) in [5, 5.41) is 6.78. The van der Waals surface area contributed by atoms with Crippen molar-refractivity contribution < 1.29 is 0 Å². The highest BCUT2D eigenvalue weighted by Crippen LogP contribution is 2.28. The van der Waals surface area contributed by atoms with Crippen molar-refractivity contribution in [3.8, 4) is 0 Å². The molecule has 2 aromatic carbocycles. The molecule has 1 saturated heterocycles. The van der Waals surface area contributed by atoms with Crippen molar-refractivity contribution in [3.63, 3.8) is 0 Å². The maximum absolute atomic E-state index is 4.11. The molecule has 0 aliphatic carbocycles. The lowest BCUT2D eigenvalue weighted by molar-refractivity contribution is 0.578. The lowest BCUT2D eigenvalue weighted by Gasteiger charge is -2.31. The lowest BCUT2D eigenvalue weighted by Crippen LogP contribution is -2.30. The minimum atomic E-state index is 0.776. The van der Waals surface area contributed by atoms with Gasteiger partial charge in [0, 0.05) is 19.6 Å². The van der Waals surface area contributed by atoms with Crippen molar-refractivity contribution in [3.05, 3.63) is 72.6 Å². The maximum Gasteiger partial charge on any atom is 0.0960 e. The van der Waals surface area contributed by atoms with Gasteiger partial charge in [-0.1, -0.05) is 62.9 Å². The summed E-state index contributed by atoms with van der Waals surface area (Å²) in [6, 6.07) is 18.9. The number of nitrogens with one attached hydrogen (secondary N) is 2. The third kappa shape index (κ3) is 5.86. The molecule has 1 fully saturated rings. The van der Waals surface area contributed by atoms with E-state index in [2.05, 4.69) is 70.6 Å². The molecule has 3 nitrogen and oxygen atoms in total. The molecule has 3 heteroatoms. The Balaban J connectivity index is 0.00000109. The van der Waals surface area contributed by atoms with Crippen molar-refractivity contribution in [2.75, 3.05) is 23.3 Å². The van der Waals surface area contributed by atoms with Crippen LogP contribution in [0.4, 0.5) is 11.4 Å².